The van der Waals surface area contributed by atoms with Crippen LogP contribution < -0.4 is 5.73 Å². The Hall–Kier alpha value is -0.650. The van der Waals surface area contributed by atoms with Crippen LogP contribution in [0.5, 0.6) is 0 Å². The van der Waals surface area contributed by atoms with Crippen molar-refractivity contribution < 1.29 is 14.3 Å². The van der Waals surface area contributed by atoms with Crippen molar-refractivity contribution in [3.8, 4) is 0 Å². The minimum Gasteiger partial charge on any atom is -0.468 e. The number of nitrogens with two attached hydrogens (primary N) is 1. The molecule has 5 nitrogen and oxygen atoms in total. The third-order valence-corrected chi connectivity index (χ3v) is 4.26. The molecule has 0 radical (unpaired) electrons. The number of carbonyl (C=O) groups excluding carboxylic acids is 1. The van der Waals surface area contributed by atoms with Gasteiger partial charge in [-0.25, -0.2) is 0 Å². The molecule has 0 aromatic heterocycles. The van der Waals surface area contributed by atoms with Gasteiger partial charge in [-0.05, 0) is 25.7 Å². The van der Waals surface area contributed by atoms with Crippen molar-refractivity contribution in [3.63, 3.8) is 0 Å². The van der Waals surface area contributed by atoms with E-state index < -0.39 is 5.54 Å². The van der Waals surface area contributed by atoms with Crippen LogP contribution in [0.2, 0.25) is 0 Å². The van der Waals surface area contributed by atoms with E-state index in [1.807, 2.05) is 0 Å². The zero-order valence-electron chi connectivity index (χ0n) is 11.4. The molecule has 2 fully saturated rings. The van der Waals surface area contributed by atoms with E-state index >= 15 is 0 Å². The molecule has 1 saturated heterocycles. The van der Waals surface area contributed by atoms with Gasteiger partial charge in [-0.15, -0.1) is 0 Å². The molecule has 1 aliphatic heterocycles. The van der Waals surface area contributed by atoms with Gasteiger partial charge in [-0.3, -0.25) is 9.69 Å². The van der Waals surface area contributed by atoms with Gasteiger partial charge in [-0.1, -0.05) is 6.92 Å². The van der Waals surface area contributed by atoms with E-state index in [1.54, 1.807) is 0 Å². The maximum atomic E-state index is 11.7. The summed E-state index contributed by atoms with van der Waals surface area (Å²) in [6, 6.07) is 0.395. The highest BCUT2D eigenvalue weighted by atomic mass is 16.5. The number of rotatable bonds is 3. The van der Waals surface area contributed by atoms with Crippen molar-refractivity contribution in [1.29, 1.82) is 0 Å². The molecular weight excluding hydrogens is 232 g/mol. The molecule has 3 atom stereocenters. The summed E-state index contributed by atoms with van der Waals surface area (Å²) in [6.45, 7) is 4.83. The standard InChI is InChI=1S/C13H24N2O3/c1-3-11-9-15(6-7-18-11)10-4-5-13(14,8-10)12(16)17-2/h10-11H,3-9,14H2,1-2H3. The topological polar surface area (TPSA) is 64.8 Å². The van der Waals surface area contributed by atoms with Crippen LogP contribution in [0.1, 0.15) is 32.6 Å². The molecule has 0 amide bonds. The summed E-state index contributed by atoms with van der Waals surface area (Å²) in [4.78, 5) is 14.1. The third kappa shape index (κ3) is 2.68. The quantitative estimate of drug-likeness (QED) is 0.746. The van der Waals surface area contributed by atoms with Crippen LogP contribution in [0.15, 0.2) is 0 Å². The number of morpholine rings is 1. The monoisotopic (exact) mass is 256 g/mol. The molecule has 1 heterocycles. The number of methoxy groups -OCH3 is 1. The fourth-order valence-electron chi connectivity index (χ4n) is 3.07. The Labute approximate surface area is 109 Å². The van der Waals surface area contributed by atoms with Crippen LogP contribution >= 0.6 is 0 Å². The summed E-state index contributed by atoms with van der Waals surface area (Å²) in [5, 5.41) is 0. The molecule has 1 aliphatic carbocycles. The maximum Gasteiger partial charge on any atom is 0.325 e. The normalized spacial score (nSPS) is 37.7. The van der Waals surface area contributed by atoms with Crippen LogP contribution in [0.25, 0.3) is 0 Å². The van der Waals surface area contributed by atoms with Gasteiger partial charge in [-0.2, -0.15) is 0 Å². The summed E-state index contributed by atoms with van der Waals surface area (Å²) in [5.41, 5.74) is 5.37. The largest absolute Gasteiger partial charge is 0.468 e. The lowest BCUT2D eigenvalue weighted by Crippen LogP contribution is -2.50. The van der Waals surface area contributed by atoms with Crippen molar-refractivity contribution in [1.82, 2.24) is 4.90 Å². The van der Waals surface area contributed by atoms with Crippen molar-refractivity contribution in [2.45, 2.75) is 50.3 Å². The van der Waals surface area contributed by atoms with Crippen molar-refractivity contribution >= 4 is 5.97 Å². The zero-order chi connectivity index (χ0) is 13.2. The molecule has 0 bridgehead atoms. The predicted octanol–water partition coefficient (Wildman–Crippen LogP) is 0.520. The second-order valence-corrected chi connectivity index (χ2v) is 5.44. The first kappa shape index (κ1) is 13.8. The predicted molar refractivity (Wildman–Crippen MR) is 68.2 cm³/mol. The Balaban J connectivity index is 1.94. The Kier molecular flexibility index (Phi) is 4.25. The molecule has 104 valence electrons. The van der Waals surface area contributed by atoms with E-state index in [0.29, 0.717) is 18.6 Å². The highest BCUT2D eigenvalue weighted by molar-refractivity contribution is 5.81. The molecule has 3 unspecified atom stereocenters. The van der Waals surface area contributed by atoms with Gasteiger partial charge in [0.2, 0.25) is 0 Å². The van der Waals surface area contributed by atoms with Crippen molar-refractivity contribution in [2.24, 2.45) is 5.73 Å². The minimum atomic E-state index is -0.778. The molecule has 2 rings (SSSR count). The van der Waals surface area contributed by atoms with Crippen LogP contribution in [0.3, 0.4) is 0 Å². The summed E-state index contributed by atoms with van der Waals surface area (Å²) < 4.78 is 10.5. The highest BCUT2D eigenvalue weighted by Gasteiger charge is 2.45. The number of esters is 1. The third-order valence-electron chi connectivity index (χ3n) is 4.26. The first-order valence-electron chi connectivity index (χ1n) is 6.82. The van der Waals surface area contributed by atoms with Crippen LogP contribution in [-0.2, 0) is 14.3 Å². The molecule has 2 aliphatic rings. The Morgan fingerprint density at radius 3 is 3.06 bits per heavy atom. The molecule has 1 saturated carbocycles. The van der Waals surface area contributed by atoms with Gasteiger partial charge >= 0.3 is 5.97 Å². The number of ether oxygens (including phenoxy) is 2. The SMILES string of the molecule is CCC1CN(C2CCC(N)(C(=O)OC)C2)CCO1. The van der Waals surface area contributed by atoms with Crippen molar-refractivity contribution in [3.05, 3.63) is 0 Å². The average molecular weight is 256 g/mol. The number of hydrogen-bond acceptors (Lipinski definition) is 5. The van der Waals surface area contributed by atoms with E-state index in [1.165, 1.54) is 7.11 Å². The van der Waals surface area contributed by atoms with Gasteiger partial charge in [0.1, 0.15) is 5.54 Å². The molecular formula is C13H24N2O3. The van der Waals surface area contributed by atoms with Crippen LogP contribution in [0.4, 0.5) is 0 Å². The fraction of sp³-hybridized carbons (Fsp3) is 0.923. The summed E-state index contributed by atoms with van der Waals surface area (Å²) in [7, 11) is 1.41. The summed E-state index contributed by atoms with van der Waals surface area (Å²) >= 11 is 0. The number of nitrogens with zero attached hydrogens (tertiary/aromatic N) is 1. The molecule has 0 spiro atoms. The van der Waals surface area contributed by atoms with Crippen molar-refractivity contribution in [2.75, 3.05) is 26.8 Å². The molecule has 0 aromatic rings. The second kappa shape index (κ2) is 5.55. The average Bonchev–Trinajstić information content (AvgIpc) is 2.82. The minimum absolute atomic E-state index is 0.273. The Bertz CT molecular complexity index is 311. The lowest BCUT2D eigenvalue weighted by atomic mass is 9.99. The Morgan fingerprint density at radius 2 is 2.39 bits per heavy atom. The summed E-state index contributed by atoms with van der Waals surface area (Å²) in [5.74, 6) is -0.273. The van der Waals surface area contributed by atoms with E-state index in [4.69, 9.17) is 15.2 Å². The Morgan fingerprint density at radius 1 is 1.61 bits per heavy atom. The highest BCUT2D eigenvalue weighted by Crippen LogP contribution is 2.33. The molecule has 0 aromatic carbocycles. The van der Waals surface area contributed by atoms with Gasteiger partial charge in [0.25, 0.3) is 0 Å². The van der Waals surface area contributed by atoms with Gasteiger partial charge in [0.15, 0.2) is 0 Å². The van der Waals surface area contributed by atoms with E-state index in [9.17, 15) is 4.79 Å². The molecule has 2 N–H and O–H groups in total. The smallest absolute Gasteiger partial charge is 0.325 e. The lowest BCUT2D eigenvalue weighted by molar-refractivity contribution is -0.147. The number of carbonyl (C=O) groups is 1. The van der Waals surface area contributed by atoms with E-state index in [0.717, 1.165) is 39.0 Å². The summed E-state index contributed by atoms with van der Waals surface area (Å²) in [6.07, 6.45) is 3.76. The first-order chi connectivity index (χ1) is 8.59. The first-order valence-corrected chi connectivity index (χ1v) is 6.82. The van der Waals surface area contributed by atoms with Crippen LogP contribution in [0, 0.1) is 0 Å². The van der Waals surface area contributed by atoms with Gasteiger partial charge < -0.3 is 15.2 Å². The van der Waals surface area contributed by atoms with Gasteiger partial charge in [0, 0.05) is 19.1 Å². The zero-order valence-corrected chi connectivity index (χ0v) is 11.4. The fourth-order valence-corrected chi connectivity index (χ4v) is 3.07. The van der Waals surface area contributed by atoms with E-state index in [-0.39, 0.29) is 5.97 Å². The lowest BCUT2D eigenvalue weighted by Gasteiger charge is -2.37. The molecule has 5 heteroatoms. The van der Waals surface area contributed by atoms with Crippen LogP contribution in [-0.4, -0.2) is 55.4 Å². The number of hydrogen-bond donors (Lipinski definition) is 1. The second-order valence-electron chi connectivity index (χ2n) is 5.44. The van der Waals surface area contributed by atoms with E-state index in [2.05, 4.69) is 11.8 Å². The van der Waals surface area contributed by atoms with Gasteiger partial charge in [0.05, 0.1) is 19.8 Å². The maximum absolute atomic E-state index is 11.7. The molecule has 18 heavy (non-hydrogen) atoms.